The van der Waals surface area contributed by atoms with Crippen LogP contribution in [0.1, 0.15) is 16.1 Å². The number of anilines is 1. The van der Waals surface area contributed by atoms with Crippen LogP contribution < -0.4 is 10.9 Å². The predicted octanol–water partition coefficient (Wildman–Crippen LogP) is 1.39. The smallest absolute Gasteiger partial charge is 0.261 e. The van der Waals surface area contributed by atoms with Crippen molar-refractivity contribution in [2.24, 2.45) is 0 Å². The highest BCUT2D eigenvalue weighted by Crippen LogP contribution is 2.15. The minimum absolute atomic E-state index is 0.0913. The molecule has 0 unspecified atom stereocenters. The van der Waals surface area contributed by atoms with Crippen LogP contribution in [-0.4, -0.2) is 15.3 Å². The van der Waals surface area contributed by atoms with Crippen molar-refractivity contribution >= 4 is 22.4 Å². The van der Waals surface area contributed by atoms with Gasteiger partial charge in [0.1, 0.15) is 10.6 Å². The molecular formula is C10H9N3O2S. The van der Waals surface area contributed by atoms with Crippen LogP contribution in [0.25, 0.3) is 0 Å². The molecule has 0 radical (unpaired) electrons. The topological polar surface area (TPSA) is 74.8 Å². The number of carbonyl (C=O) groups is 1. The fourth-order valence-corrected chi connectivity index (χ4v) is 1.86. The number of hydrogen-bond acceptors (Lipinski definition) is 4. The van der Waals surface area contributed by atoms with Crippen molar-refractivity contribution in [2.75, 3.05) is 5.32 Å². The van der Waals surface area contributed by atoms with Gasteiger partial charge >= 0.3 is 0 Å². The van der Waals surface area contributed by atoms with Crippen LogP contribution in [0.2, 0.25) is 0 Å². The summed E-state index contributed by atoms with van der Waals surface area (Å²) in [6, 6.07) is 4.83. The van der Waals surface area contributed by atoms with E-state index in [1.165, 1.54) is 23.8 Å². The van der Waals surface area contributed by atoms with E-state index >= 15 is 0 Å². The number of rotatable bonds is 2. The summed E-state index contributed by atoms with van der Waals surface area (Å²) in [6.45, 7) is 1.83. The third-order valence-electron chi connectivity index (χ3n) is 1.93. The quantitative estimate of drug-likeness (QED) is 0.826. The first-order valence-corrected chi connectivity index (χ1v) is 5.36. The summed E-state index contributed by atoms with van der Waals surface area (Å²) in [5.41, 5.74) is 0.525. The maximum absolute atomic E-state index is 11.7. The molecule has 6 heteroatoms. The van der Waals surface area contributed by atoms with Crippen molar-refractivity contribution in [1.82, 2.24) is 9.36 Å². The second kappa shape index (κ2) is 4.28. The first-order valence-electron chi connectivity index (χ1n) is 4.59. The molecule has 0 aromatic carbocycles. The largest absolute Gasteiger partial charge is 0.328 e. The lowest BCUT2D eigenvalue weighted by Gasteiger charge is -1.99. The van der Waals surface area contributed by atoms with E-state index in [-0.39, 0.29) is 5.56 Å². The van der Waals surface area contributed by atoms with E-state index < -0.39 is 11.5 Å². The number of pyridine rings is 1. The van der Waals surface area contributed by atoms with Gasteiger partial charge in [-0.05, 0) is 36.7 Å². The van der Waals surface area contributed by atoms with Gasteiger partial charge in [-0.1, -0.05) is 0 Å². The van der Waals surface area contributed by atoms with Gasteiger partial charge in [-0.3, -0.25) is 9.59 Å². The average Bonchev–Trinajstić information content (AvgIpc) is 2.64. The molecule has 0 aliphatic rings. The fourth-order valence-electron chi connectivity index (χ4n) is 1.20. The minimum atomic E-state index is -0.425. The summed E-state index contributed by atoms with van der Waals surface area (Å²) in [6.07, 6.45) is 1.48. The van der Waals surface area contributed by atoms with Gasteiger partial charge in [-0.2, -0.15) is 4.37 Å². The number of aromatic amines is 1. The minimum Gasteiger partial charge on any atom is -0.328 e. The van der Waals surface area contributed by atoms with Crippen LogP contribution in [0, 0.1) is 6.92 Å². The van der Waals surface area contributed by atoms with E-state index in [2.05, 4.69) is 14.7 Å². The average molecular weight is 235 g/mol. The summed E-state index contributed by atoms with van der Waals surface area (Å²) in [5, 5.41) is 3.25. The van der Waals surface area contributed by atoms with E-state index in [0.717, 1.165) is 5.69 Å². The molecule has 0 bridgehead atoms. The maximum atomic E-state index is 11.7. The molecule has 0 spiro atoms. The highest BCUT2D eigenvalue weighted by atomic mass is 32.1. The normalized spacial score (nSPS) is 10.1. The van der Waals surface area contributed by atoms with Gasteiger partial charge in [0.25, 0.3) is 11.5 Å². The third-order valence-corrected chi connectivity index (χ3v) is 2.72. The summed E-state index contributed by atoms with van der Waals surface area (Å²) in [4.78, 5) is 25.5. The van der Waals surface area contributed by atoms with E-state index in [1.807, 2.05) is 6.92 Å². The number of nitrogens with zero attached hydrogens (tertiary/aromatic N) is 1. The zero-order valence-electron chi connectivity index (χ0n) is 8.48. The maximum Gasteiger partial charge on any atom is 0.261 e. The van der Waals surface area contributed by atoms with Crippen molar-refractivity contribution in [3.05, 3.63) is 46.0 Å². The second-order valence-corrected chi connectivity index (χ2v) is 4.00. The van der Waals surface area contributed by atoms with Crippen molar-refractivity contribution < 1.29 is 4.79 Å². The molecular weight excluding hydrogens is 226 g/mol. The van der Waals surface area contributed by atoms with Crippen LogP contribution in [-0.2, 0) is 0 Å². The molecule has 82 valence electrons. The van der Waals surface area contributed by atoms with Crippen molar-refractivity contribution in [2.45, 2.75) is 6.92 Å². The van der Waals surface area contributed by atoms with Crippen molar-refractivity contribution in [3.8, 4) is 0 Å². The number of aryl methyl sites for hydroxylation is 1. The summed E-state index contributed by atoms with van der Waals surface area (Å²) >= 11 is 1.18. The Morgan fingerprint density at radius 3 is 3.00 bits per heavy atom. The Hall–Kier alpha value is -1.95. The van der Waals surface area contributed by atoms with Gasteiger partial charge in [0.2, 0.25) is 0 Å². The van der Waals surface area contributed by atoms with E-state index in [0.29, 0.717) is 5.00 Å². The molecule has 0 saturated carbocycles. The Morgan fingerprint density at radius 1 is 1.56 bits per heavy atom. The summed E-state index contributed by atoms with van der Waals surface area (Å²) in [7, 11) is 0. The van der Waals surface area contributed by atoms with Gasteiger partial charge in [-0.15, -0.1) is 0 Å². The van der Waals surface area contributed by atoms with E-state index in [9.17, 15) is 9.59 Å². The Labute approximate surface area is 95.3 Å². The van der Waals surface area contributed by atoms with Gasteiger partial charge in [-0.25, -0.2) is 0 Å². The van der Waals surface area contributed by atoms with Crippen LogP contribution in [0.4, 0.5) is 5.00 Å². The standard InChI is InChI=1S/C10H9N3O2S/c1-6-5-8(16-13-6)12-10(15)7-3-2-4-11-9(7)14/h2-5H,1H3,(H,11,14)(H,12,15). The molecule has 2 aromatic heterocycles. The molecule has 2 aromatic rings. The molecule has 1 amide bonds. The number of nitrogens with one attached hydrogen (secondary N) is 2. The van der Waals surface area contributed by atoms with E-state index in [1.54, 1.807) is 12.1 Å². The van der Waals surface area contributed by atoms with Crippen LogP contribution in [0.3, 0.4) is 0 Å². The highest BCUT2D eigenvalue weighted by Gasteiger charge is 2.10. The molecule has 0 aliphatic heterocycles. The van der Waals surface area contributed by atoms with Crippen LogP contribution in [0.15, 0.2) is 29.2 Å². The number of H-pyrrole nitrogens is 1. The van der Waals surface area contributed by atoms with Crippen LogP contribution in [0.5, 0.6) is 0 Å². The molecule has 0 saturated heterocycles. The van der Waals surface area contributed by atoms with E-state index in [4.69, 9.17) is 0 Å². The monoisotopic (exact) mass is 235 g/mol. The zero-order valence-corrected chi connectivity index (χ0v) is 9.30. The molecule has 5 nitrogen and oxygen atoms in total. The summed E-state index contributed by atoms with van der Waals surface area (Å²) in [5.74, 6) is -0.425. The van der Waals surface area contributed by atoms with Crippen LogP contribution >= 0.6 is 11.5 Å². The molecule has 16 heavy (non-hydrogen) atoms. The third kappa shape index (κ3) is 2.17. The van der Waals surface area contributed by atoms with Gasteiger partial charge < -0.3 is 10.3 Å². The lowest BCUT2D eigenvalue weighted by atomic mass is 10.2. The molecule has 2 rings (SSSR count). The number of hydrogen-bond donors (Lipinski definition) is 2. The Morgan fingerprint density at radius 2 is 2.38 bits per heavy atom. The molecule has 0 fully saturated rings. The number of amides is 1. The Kier molecular flexibility index (Phi) is 2.82. The van der Waals surface area contributed by atoms with Crippen molar-refractivity contribution in [3.63, 3.8) is 0 Å². The first-order chi connectivity index (χ1) is 7.66. The molecule has 2 heterocycles. The number of carbonyl (C=O) groups excluding carboxylic acids is 1. The Bertz CT molecular complexity index is 573. The SMILES string of the molecule is Cc1cc(NC(=O)c2ccc[nH]c2=O)sn1. The first kappa shape index (κ1) is 10.6. The molecule has 0 aliphatic carbocycles. The van der Waals surface area contributed by atoms with Gasteiger partial charge in [0.15, 0.2) is 0 Å². The van der Waals surface area contributed by atoms with Gasteiger partial charge in [0.05, 0.1) is 5.69 Å². The Balaban J connectivity index is 2.21. The number of aromatic nitrogens is 2. The molecule has 2 N–H and O–H groups in total. The fraction of sp³-hybridized carbons (Fsp3) is 0.100. The second-order valence-electron chi connectivity index (χ2n) is 3.20. The highest BCUT2D eigenvalue weighted by molar-refractivity contribution is 7.10. The van der Waals surface area contributed by atoms with Gasteiger partial charge in [0, 0.05) is 6.20 Å². The predicted molar refractivity (Wildman–Crippen MR) is 61.9 cm³/mol. The lowest BCUT2D eigenvalue weighted by Crippen LogP contribution is -2.21. The van der Waals surface area contributed by atoms with Crippen molar-refractivity contribution in [1.29, 1.82) is 0 Å². The zero-order chi connectivity index (χ0) is 11.5. The molecule has 0 atom stereocenters. The lowest BCUT2D eigenvalue weighted by molar-refractivity contribution is 0.102. The summed E-state index contributed by atoms with van der Waals surface area (Å²) < 4.78 is 4.03.